The van der Waals surface area contributed by atoms with Crippen molar-refractivity contribution in [2.24, 2.45) is 11.8 Å². The van der Waals surface area contributed by atoms with E-state index in [0.29, 0.717) is 32.2 Å². The number of aliphatic hydroxyl groups excluding tert-OH is 3. The second-order valence-electron chi connectivity index (χ2n) is 8.14. The van der Waals surface area contributed by atoms with Crippen molar-refractivity contribution in [1.82, 2.24) is 5.32 Å². The molecule has 0 saturated heterocycles. The lowest BCUT2D eigenvalue weighted by atomic mass is 9.89. The number of allylic oxidation sites excluding steroid dienone is 2. The monoisotopic (exact) mass is 415 g/mol. The van der Waals surface area contributed by atoms with Crippen molar-refractivity contribution < 1.29 is 20.1 Å². The Hall–Kier alpha value is -1.95. The molecule has 2 rings (SSSR count). The third-order valence-electron chi connectivity index (χ3n) is 5.77. The first-order chi connectivity index (χ1) is 14.5. The first-order valence-electron chi connectivity index (χ1n) is 11.2. The second kappa shape index (κ2) is 13.4. The maximum Gasteiger partial charge on any atom is 0.219 e. The quantitative estimate of drug-likeness (QED) is 0.312. The highest BCUT2D eigenvalue weighted by Gasteiger charge is 2.39. The van der Waals surface area contributed by atoms with Gasteiger partial charge in [-0.15, -0.1) is 0 Å². The molecular weight excluding hydrogens is 378 g/mol. The Labute approximate surface area is 180 Å². The summed E-state index contributed by atoms with van der Waals surface area (Å²) in [6.45, 7) is 2.57. The molecule has 0 radical (unpaired) electrons. The number of aryl methyl sites for hydroxylation is 1. The van der Waals surface area contributed by atoms with Crippen LogP contribution in [0.15, 0.2) is 54.6 Å². The lowest BCUT2D eigenvalue weighted by molar-refractivity contribution is -0.121. The van der Waals surface area contributed by atoms with Gasteiger partial charge in [0.2, 0.25) is 5.91 Å². The van der Waals surface area contributed by atoms with Crippen molar-refractivity contribution in [2.45, 2.75) is 70.2 Å². The summed E-state index contributed by atoms with van der Waals surface area (Å²) in [4.78, 5) is 11.4. The number of benzene rings is 1. The zero-order valence-electron chi connectivity index (χ0n) is 18.0. The van der Waals surface area contributed by atoms with Gasteiger partial charge in [0.15, 0.2) is 0 Å². The summed E-state index contributed by atoms with van der Waals surface area (Å²) in [5.74, 6) is -0.139. The van der Waals surface area contributed by atoms with E-state index >= 15 is 0 Å². The van der Waals surface area contributed by atoms with Crippen molar-refractivity contribution in [3.05, 3.63) is 60.2 Å². The van der Waals surface area contributed by atoms with Crippen LogP contribution in [0.25, 0.3) is 0 Å². The van der Waals surface area contributed by atoms with Crippen LogP contribution in [0.1, 0.15) is 51.0 Å². The highest BCUT2D eigenvalue weighted by Crippen LogP contribution is 2.36. The number of hydrogen-bond donors (Lipinski definition) is 4. The van der Waals surface area contributed by atoms with Gasteiger partial charge >= 0.3 is 0 Å². The topological polar surface area (TPSA) is 89.8 Å². The molecule has 4 N–H and O–H groups in total. The van der Waals surface area contributed by atoms with Crippen LogP contribution in [0.3, 0.4) is 0 Å². The van der Waals surface area contributed by atoms with Gasteiger partial charge in [0.1, 0.15) is 0 Å². The van der Waals surface area contributed by atoms with Gasteiger partial charge in [-0.25, -0.2) is 0 Å². The fourth-order valence-corrected chi connectivity index (χ4v) is 4.06. The molecule has 5 atom stereocenters. The van der Waals surface area contributed by atoms with E-state index < -0.39 is 18.3 Å². The molecule has 1 saturated carbocycles. The van der Waals surface area contributed by atoms with E-state index in [1.54, 1.807) is 6.08 Å². The van der Waals surface area contributed by atoms with Crippen molar-refractivity contribution in [3.63, 3.8) is 0 Å². The van der Waals surface area contributed by atoms with E-state index in [-0.39, 0.29) is 17.7 Å². The summed E-state index contributed by atoms with van der Waals surface area (Å²) in [6.07, 6.45) is 10.6. The van der Waals surface area contributed by atoms with E-state index in [4.69, 9.17) is 0 Å². The van der Waals surface area contributed by atoms with Crippen LogP contribution in [-0.4, -0.2) is 46.1 Å². The fraction of sp³-hybridized carbons (Fsp3) is 0.560. The molecule has 1 unspecified atom stereocenters. The van der Waals surface area contributed by atoms with Crippen LogP contribution < -0.4 is 5.32 Å². The van der Waals surface area contributed by atoms with Crippen molar-refractivity contribution in [2.75, 3.05) is 6.54 Å². The molecule has 5 nitrogen and oxygen atoms in total. The zero-order valence-corrected chi connectivity index (χ0v) is 18.0. The van der Waals surface area contributed by atoms with Gasteiger partial charge in [0, 0.05) is 25.3 Å². The molecule has 166 valence electrons. The van der Waals surface area contributed by atoms with Crippen LogP contribution >= 0.6 is 0 Å². The molecule has 0 bridgehead atoms. The van der Waals surface area contributed by atoms with Gasteiger partial charge in [-0.3, -0.25) is 4.79 Å². The Morgan fingerprint density at radius 2 is 1.97 bits per heavy atom. The number of carbonyl (C=O) groups is 1. The number of rotatable bonds is 12. The van der Waals surface area contributed by atoms with Crippen molar-refractivity contribution in [3.8, 4) is 0 Å². The summed E-state index contributed by atoms with van der Waals surface area (Å²) < 4.78 is 0. The molecule has 1 aliphatic carbocycles. The molecule has 1 aliphatic rings. The van der Waals surface area contributed by atoms with E-state index in [2.05, 4.69) is 5.32 Å². The standard InChI is InChI=1S/C25H37NO4/c1-2-26-25(30)13-9-4-3-8-12-21-22(24(29)18-23(21)28)17-16-20(27)15-14-19-10-6-5-7-11-19/h3,5-8,10-11,16-17,20-24,27-29H,2,4,9,12-15,18H2,1H3,(H,26,30)/t20?,21-,22-,23+,24+/m1/s1. The van der Waals surface area contributed by atoms with Crippen LogP contribution in [0.5, 0.6) is 0 Å². The van der Waals surface area contributed by atoms with Gasteiger partial charge in [-0.05, 0) is 50.5 Å². The van der Waals surface area contributed by atoms with Crippen molar-refractivity contribution in [1.29, 1.82) is 0 Å². The number of carbonyl (C=O) groups excluding carboxylic acids is 1. The summed E-state index contributed by atoms with van der Waals surface area (Å²) in [7, 11) is 0. The molecule has 30 heavy (non-hydrogen) atoms. The van der Waals surface area contributed by atoms with Gasteiger partial charge < -0.3 is 20.6 Å². The SMILES string of the molecule is CCNC(=O)CCCC=CC[C@@H]1[C@@H](C=CC(O)CCc2ccccc2)[C@@H](O)C[C@@H]1O. The fourth-order valence-electron chi connectivity index (χ4n) is 4.06. The lowest BCUT2D eigenvalue weighted by Gasteiger charge is -2.19. The summed E-state index contributed by atoms with van der Waals surface area (Å²) in [5.41, 5.74) is 1.19. The minimum Gasteiger partial charge on any atom is -0.393 e. The Kier molecular flexibility index (Phi) is 10.8. The third-order valence-corrected chi connectivity index (χ3v) is 5.77. The average Bonchev–Trinajstić information content (AvgIpc) is 3.00. The smallest absolute Gasteiger partial charge is 0.219 e. The predicted molar refractivity (Wildman–Crippen MR) is 120 cm³/mol. The van der Waals surface area contributed by atoms with E-state index in [0.717, 1.165) is 19.3 Å². The average molecular weight is 416 g/mol. The van der Waals surface area contributed by atoms with Gasteiger partial charge in [0.25, 0.3) is 0 Å². The van der Waals surface area contributed by atoms with Crippen LogP contribution in [0.2, 0.25) is 0 Å². The summed E-state index contributed by atoms with van der Waals surface area (Å²) in [6, 6.07) is 10.1. The normalized spacial score (nSPS) is 25.2. The summed E-state index contributed by atoms with van der Waals surface area (Å²) >= 11 is 0. The highest BCUT2D eigenvalue weighted by atomic mass is 16.3. The molecule has 1 aromatic rings. The Balaban J connectivity index is 1.78. The number of nitrogens with one attached hydrogen (secondary N) is 1. The maximum absolute atomic E-state index is 11.4. The van der Waals surface area contributed by atoms with Crippen LogP contribution in [0, 0.1) is 11.8 Å². The molecular formula is C25H37NO4. The number of aliphatic hydroxyl groups is 3. The highest BCUT2D eigenvalue weighted by molar-refractivity contribution is 5.75. The number of hydrogen-bond acceptors (Lipinski definition) is 4. The molecule has 0 aromatic heterocycles. The molecule has 1 amide bonds. The summed E-state index contributed by atoms with van der Waals surface area (Å²) in [5, 5.41) is 33.8. The third kappa shape index (κ3) is 8.42. The van der Waals surface area contributed by atoms with Crippen LogP contribution in [-0.2, 0) is 11.2 Å². The van der Waals surface area contributed by atoms with Gasteiger partial charge in [0.05, 0.1) is 18.3 Å². The minimum atomic E-state index is -0.589. The Morgan fingerprint density at radius 1 is 1.20 bits per heavy atom. The molecule has 5 heteroatoms. The van der Waals surface area contributed by atoms with Crippen molar-refractivity contribution >= 4 is 5.91 Å². The molecule has 0 aliphatic heterocycles. The van der Waals surface area contributed by atoms with Gasteiger partial charge in [-0.2, -0.15) is 0 Å². The second-order valence-corrected chi connectivity index (χ2v) is 8.14. The Morgan fingerprint density at radius 3 is 2.70 bits per heavy atom. The van der Waals surface area contributed by atoms with Gasteiger partial charge in [-0.1, -0.05) is 54.6 Å². The minimum absolute atomic E-state index is 0.0581. The van der Waals surface area contributed by atoms with E-state index in [1.165, 1.54) is 5.56 Å². The maximum atomic E-state index is 11.4. The number of amides is 1. The molecule has 0 heterocycles. The van der Waals surface area contributed by atoms with E-state index in [9.17, 15) is 20.1 Å². The van der Waals surface area contributed by atoms with Crippen LogP contribution in [0.4, 0.5) is 0 Å². The largest absolute Gasteiger partial charge is 0.393 e. The lowest BCUT2D eigenvalue weighted by Crippen LogP contribution is -2.21. The van der Waals surface area contributed by atoms with E-state index in [1.807, 2.05) is 55.5 Å². The zero-order chi connectivity index (χ0) is 21.8. The molecule has 1 aromatic carbocycles. The Bertz CT molecular complexity index is 673. The molecule has 1 fully saturated rings. The number of unbranched alkanes of at least 4 members (excludes halogenated alkanes) is 1. The first-order valence-corrected chi connectivity index (χ1v) is 11.2. The molecule has 0 spiro atoms. The predicted octanol–water partition coefficient (Wildman–Crippen LogP) is 3.15. The first kappa shape index (κ1) is 24.3.